The van der Waals surface area contributed by atoms with Crippen LogP contribution in [0.1, 0.15) is 17.2 Å². The summed E-state index contributed by atoms with van der Waals surface area (Å²) in [5.41, 5.74) is 0.714. The van der Waals surface area contributed by atoms with Crippen molar-refractivity contribution in [2.24, 2.45) is 0 Å². The van der Waals surface area contributed by atoms with Crippen molar-refractivity contribution in [1.82, 2.24) is 4.90 Å². The summed E-state index contributed by atoms with van der Waals surface area (Å²) in [5, 5.41) is 20.2. The fraction of sp³-hybridized carbons (Fsp3) is 0.150. The van der Waals surface area contributed by atoms with E-state index in [2.05, 4.69) is 4.74 Å². The second-order valence-electron chi connectivity index (χ2n) is 5.96. The number of esters is 1. The van der Waals surface area contributed by atoms with Gasteiger partial charge in [-0.1, -0.05) is 42.5 Å². The van der Waals surface area contributed by atoms with Crippen LogP contribution in [0.15, 0.2) is 60.2 Å². The Labute approximate surface area is 155 Å². The maximum atomic E-state index is 12.6. The summed E-state index contributed by atoms with van der Waals surface area (Å²) in [4.78, 5) is 38.0. The molecule has 1 aliphatic rings. The molecule has 0 spiro atoms. The van der Waals surface area contributed by atoms with E-state index >= 15 is 0 Å². The van der Waals surface area contributed by atoms with E-state index in [0.717, 1.165) is 4.90 Å². The van der Waals surface area contributed by atoms with Gasteiger partial charge >= 0.3 is 5.97 Å². The molecule has 0 radical (unpaired) electrons. The summed E-state index contributed by atoms with van der Waals surface area (Å²) in [5.74, 6) is -2.82. The minimum absolute atomic E-state index is 0.00623. The number of ether oxygens (including phenoxy) is 1. The molecule has 0 unspecified atom stereocenters. The second-order valence-corrected chi connectivity index (χ2v) is 5.96. The minimum atomic E-state index is -0.982. The van der Waals surface area contributed by atoms with Crippen molar-refractivity contribution in [1.29, 1.82) is 0 Å². The molecule has 1 aliphatic heterocycles. The number of amides is 1. The lowest BCUT2D eigenvalue weighted by Gasteiger charge is -2.24. The lowest BCUT2D eigenvalue weighted by molar-refractivity contribution is -0.148. The standard InChI is InChI=1S/C20H17NO6/c1-27-15(23)11-21-17(12-7-9-14(22)10-8-12)16(19(25)20(21)26)18(24)13-5-3-2-4-6-13/h2-10,17,22,24H,11H2,1H3/t17-/m1/s1. The average Bonchev–Trinajstić information content (AvgIpc) is 2.93. The summed E-state index contributed by atoms with van der Waals surface area (Å²) in [6, 6.07) is 13.2. The number of carbonyl (C=O) groups excluding carboxylic acids is 3. The van der Waals surface area contributed by atoms with Gasteiger partial charge in [0.15, 0.2) is 0 Å². The van der Waals surface area contributed by atoms with Crippen LogP contribution < -0.4 is 0 Å². The van der Waals surface area contributed by atoms with Gasteiger partial charge in [-0.05, 0) is 17.7 Å². The molecular weight excluding hydrogens is 350 g/mol. The van der Waals surface area contributed by atoms with Gasteiger partial charge in [0.25, 0.3) is 11.7 Å². The van der Waals surface area contributed by atoms with E-state index in [4.69, 9.17) is 0 Å². The summed E-state index contributed by atoms with van der Waals surface area (Å²) in [6.07, 6.45) is 0. The van der Waals surface area contributed by atoms with Gasteiger partial charge in [0.2, 0.25) is 0 Å². The molecule has 7 nitrogen and oxygen atoms in total. The summed E-state index contributed by atoms with van der Waals surface area (Å²) in [6.45, 7) is -0.446. The van der Waals surface area contributed by atoms with Crippen LogP contribution in [0.25, 0.3) is 5.76 Å². The topological polar surface area (TPSA) is 104 Å². The molecule has 2 aromatic carbocycles. The quantitative estimate of drug-likeness (QED) is 0.371. The monoisotopic (exact) mass is 367 g/mol. The highest BCUT2D eigenvalue weighted by Crippen LogP contribution is 2.39. The largest absolute Gasteiger partial charge is 0.508 e. The first-order valence-corrected chi connectivity index (χ1v) is 8.13. The SMILES string of the molecule is COC(=O)CN1C(=O)C(=O)C(=C(O)c2ccccc2)[C@H]1c1ccc(O)cc1. The van der Waals surface area contributed by atoms with E-state index in [1.807, 2.05) is 0 Å². The highest BCUT2D eigenvalue weighted by atomic mass is 16.5. The molecule has 1 heterocycles. The number of phenolic OH excluding ortho intramolecular Hbond substituents is 1. The van der Waals surface area contributed by atoms with Crippen LogP contribution in [0, 0.1) is 0 Å². The number of carbonyl (C=O) groups is 3. The predicted molar refractivity (Wildman–Crippen MR) is 95.6 cm³/mol. The van der Waals surface area contributed by atoms with Crippen LogP contribution in [-0.4, -0.2) is 46.4 Å². The van der Waals surface area contributed by atoms with Crippen LogP contribution in [0.5, 0.6) is 5.75 Å². The van der Waals surface area contributed by atoms with Gasteiger partial charge in [0.1, 0.15) is 18.1 Å². The van der Waals surface area contributed by atoms with E-state index in [-0.39, 0.29) is 17.1 Å². The van der Waals surface area contributed by atoms with E-state index in [0.29, 0.717) is 11.1 Å². The number of rotatable bonds is 4. The molecule has 0 bridgehead atoms. The average molecular weight is 367 g/mol. The van der Waals surface area contributed by atoms with E-state index < -0.39 is 30.2 Å². The molecule has 2 N–H and O–H groups in total. The first-order chi connectivity index (χ1) is 12.9. The van der Waals surface area contributed by atoms with Crippen LogP contribution in [0.4, 0.5) is 0 Å². The third-order valence-electron chi connectivity index (χ3n) is 4.32. The van der Waals surface area contributed by atoms with Gasteiger partial charge in [-0.2, -0.15) is 0 Å². The Morgan fingerprint density at radius 1 is 1.07 bits per heavy atom. The van der Waals surface area contributed by atoms with E-state index in [9.17, 15) is 24.6 Å². The fourth-order valence-electron chi connectivity index (χ4n) is 3.00. The fourth-order valence-corrected chi connectivity index (χ4v) is 3.00. The third-order valence-corrected chi connectivity index (χ3v) is 4.32. The summed E-state index contributed by atoms with van der Waals surface area (Å²) in [7, 11) is 1.18. The molecule has 1 atom stereocenters. The van der Waals surface area contributed by atoms with Crippen LogP contribution in [0.3, 0.4) is 0 Å². The number of aliphatic hydroxyl groups is 1. The van der Waals surface area contributed by atoms with Gasteiger partial charge in [0.05, 0.1) is 18.7 Å². The van der Waals surface area contributed by atoms with Crippen molar-refractivity contribution in [2.45, 2.75) is 6.04 Å². The van der Waals surface area contributed by atoms with Gasteiger partial charge < -0.3 is 19.8 Å². The predicted octanol–water partition coefficient (Wildman–Crippen LogP) is 1.99. The lowest BCUT2D eigenvalue weighted by Crippen LogP contribution is -2.35. The number of Topliss-reactive ketones (excluding diaryl/α,β-unsaturated/α-hetero) is 1. The van der Waals surface area contributed by atoms with Crippen molar-refractivity contribution >= 4 is 23.4 Å². The Hall–Kier alpha value is -3.61. The number of hydrogen-bond donors (Lipinski definition) is 2. The Morgan fingerprint density at radius 2 is 1.70 bits per heavy atom. The van der Waals surface area contributed by atoms with Crippen molar-refractivity contribution in [3.05, 3.63) is 71.3 Å². The molecule has 7 heteroatoms. The van der Waals surface area contributed by atoms with Crippen molar-refractivity contribution in [3.63, 3.8) is 0 Å². The third kappa shape index (κ3) is 3.39. The van der Waals surface area contributed by atoms with Crippen LogP contribution in [0.2, 0.25) is 0 Å². The first kappa shape index (κ1) is 18.2. The molecule has 2 aromatic rings. The number of aliphatic hydroxyl groups excluding tert-OH is 1. The Balaban J connectivity index is 2.17. The molecule has 1 fully saturated rings. The molecule has 1 amide bonds. The molecule has 0 aromatic heterocycles. The molecular formula is C20H17NO6. The molecule has 27 heavy (non-hydrogen) atoms. The molecule has 1 saturated heterocycles. The zero-order valence-corrected chi connectivity index (χ0v) is 14.5. The van der Waals surface area contributed by atoms with E-state index in [1.165, 1.54) is 31.4 Å². The summed E-state index contributed by atoms with van der Waals surface area (Å²) >= 11 is 0. The maximum absolute atomic E-state index is 12.6. The number of likely N-dealkylation sites (tertiary alicyclic amines) is 1. The number of hydrogen-bond acceptors (Lipinski definition) is 6. The van der Waals surface area contributed by atoms with Gasteiger partial charge in [-0.15, -0.1) is 0 Å². The molecule has 0 aliphatic carbocycles. The van der Waals surface area contributed by atoms with Crippen molar-refractivity contribution < 1.29 is 29.3 Å². The lowest BCUT2D eigenvalue weighted by atomic mass is 9.95. The molecule has 0 saturated carbocycles. The molecule has 138 valence electrons. The van der Waals surface area contributed by atoms with Crippen molar-refractivity contribution in [3.8, 4) is 5.75 Å². The number of aromatic hydroxyl groups is 1. The number of methoxy groups -OCH3 is 1. The highest BCUT2D eigenvalue weighted by molar-refractivity contribution is 6.46. The van der Waals surface area contributed by atoms with E-state index in [1.54, 1.807) is 30.3 Å². The maximum Gasteiger partial charge on any atom is 0.325 e. The van der Waals surface area contributed by atoms with Crippen LogP contribution >= 0.6 is 0 Å². The van der Waals surface area contributed by atoms with Crippen LogP contribution in [-0.2, 0) is 19.1 Å². The number of ketones is 1. The normalized spacial score (nSPS) is 18.6. The first-order valence-electron chi connectivity index (χ1n) is 8.13. The highest BCUT2D eigenvalue weighted by Gasteiger charge is 2.46. The summed E-state index contributed by atoms with van der Waals surface area (Å²) < 4.78 is 4.62. The number of phenols is 1. The second kappa shape index (κ2) is 7.33. The smallest absolute Gasteiger partial charge is 0.325 e. The Kier molecular flexibility index (Phi) is 4.94. The van der Waals surface area contributed by atoms with Gasteiger partial charge in [-0.25, -0.2) is 0 Å². The van der Waals surface area contributed by atoms with Gasteiger partial charge in [-0.3, -0.25) is 14.4 Å². The molecule has 3 rings (SSSR count). The Morgan fingerprint density at radius 3 is 2.30 bits per heavy atom. The Bertz CT molecular complexity index is 917. The number of nitrogens with zero attached hydrogens (tertiary/aromatic N) is 1. The van der Waals surface area contributed by atoms with Gasteiger partial charge in [0, 0.05) is 5.56 Å². The zero-order valence-electron chi connectivity index (χ0n) is 14.5. The minimum Gasteiger partial charge on any atom is -0.508 e. The zero-order chi connectivity index (χ0) is 19.6. The van der Waals surface area contributed by atoms with Crippen molar-refractivity contribution in [2.75, 3.05) is 13.7 Å². The number of benzene rings is 2.